The average Bonchev–Trinajstić information content (AvgIpc) is 2.14. The summed E-state index contributed by atoms with van der Waals surface area (Å²) in [5.41, 5.74) is -0.817. The number of hydrogen-bond donors (Lipinski definition) is 1. The molecule has 0 spiro atoms. The summed E-state index contributed by atoms with van der Waals surface area (Å²) in [6, 6.07) is 0. The molecule has 3 nitrogen and oxygen atoms in total. The third-order valence-electron chi connectivity index (χ3n) is 2.20. The van der Waals surface area contributed by atoms with E-state index >= 15 is 0 Å². The van der Waals surface area contributed by atoms with Crippen LogP contribution in [0, 0.1) is 0 Å². The minimum atomic E-state index is -0.817. The van der Waals surface area contributed by atoms with E-state index in [1.54, 1.807) is 30.5 Å². The highest BCUT2D eigenvalue weighted by atomic mass is 32.2. The summed E-state index contributed by atoms with van der Waals surface area (Å²) in [7, 11) is 0. The smallest absolute Gasteiger partial charge is 0.235 e. The number of thioether (sulfide) groups is 1. The fraction of sp³-hybridized carbons (Fsp3) is 0.909. The van der Waals surface area contributed by atoms with E-state index in [4.69, 9.17) is 0 Å². The molecule has 0 fully saturated rings. The molecule has 0 saturated heterocycles. The number of aliphatic hydroxyl groups is 1. The molecule has 1 atom stereocenters. The van der Waals surface area contributed by atoms with Crippen LogP contribution in [-0.4, -0.2) is 46.1 Å². The molecule has 1 amide bonds. The Morgan fingerprint density at radius 2 is 2.00 bits per heavy atom. The van der Waals surface area contributed by atoms with Crippen molar-refractivity contribution >= 4 is 17.7 Å². The number of hydrogen-bond acceptors (Lipinski definition) is 3. The van der Waals surface area contributed by atoms with Crippen molar-refractivity contribution in [2.75, 3.05) is 19.3 Å². The lowest BCUT2D eigenvalue weighted by atomic mass is 10.1. The van der Waals surface area contributed by atoms with Crippen LogP contribution in [0.15, 0.2) is 0 Å². The highest BCUT2D eigenvalue weighted by Crippen LogP contribution is 2.15. The van der Waals surface area contributed by atoms with Gasteiger partial charge in [-0.05, 0) is 33.4 Å². The molecule has 0 aromatic rings. The molecule has 0 rings (SSSR count). The van der Waals surface area contributed by atoms with Crippen LogP contribution in [0.4, 0.5) is 0 Å². The standard InChI is InChI=1S/C11H23NO2S/c1-6-9(15-5)10(13)12(7-2)8-11(3,4)14/h9,14H,6-8H2,1-5H3. The molecule has 0 aromatic heterocycles. The number of rotatable bonds is 6. The highest BCUT2D eigenvalue weighted by Gasteiger charge is 2.25. The zero-order valence-corrected chi connectivity index (χ0v) is 11.2. The van der Waals surface area contributed by atoms with E-state index in [0.29, 0.717) is 13.1 Å². The maximum Gasteiger partial charge on any atom is 0.235 e. The molecule has 0 aliphatic rings. The van der Waals surface area contributed by atoms with Crippen molar-refractivity contribution in [3.05, 3.63) is 0 Å². The Kier molecular flexibility index (Phi) is 6.29. The van der Waals surface area contributed by atoms with Gasteiger partial charge in [-0.2, -0.15) is 11.8 Å². The first-order chi connectivity index (χ1) is 6.85. The minimum Gasteiger partial charge on any atom is -0.389 e. The van der Waals surface area contributed by atoms with Gasteiger partial charge in [-0.3, -0.25) is 4.79 Å². The van der Waals surface area contributed by atoms with Crippen molar-refractivity contribution in [1.29, 1.82) is 0 Å². The third-order valence-corrected chi connectivity index (χ3v) is 3.31. The molecule has 90 valence electrons. The van der Waals surface area contributed by atoms with Crippen LogP contribution in [0.1, 0.15) is 34.1 Å². The van der Waals surface area contributed by atoms with Crippen molar-refractivity contribution in [2.24, 2.45) is 0 Å². The van der Waals surface area contributed by atoms with Gasteiger partial charge in [0.05, 0.1) is 10.9 Å². The van der Waals surface area contributed by atoms with Crippen molar-refractivity contribution in [2.45, 2.75) is 45.0 Å². The monoisotopic (exact) mass is 233 g/mol. The Morgan fingerprint density at radius 1 is 1.47 bits per heavy atom. The zero-order valence-electron chi connectivity index (χ0n) is 10.4. The van der Waals surface area contributed by atoms with Gasteiger partial charge in [-0.1, -0.05) is 6.92 Å². The predicted octanol–water partition coefficient (Wildman–Crippen LogP) is 1.75. The van der Waals surface area contributed by atoms with Gasteiger partial charge in [0.15, 0.2) is 0 Å². The summed E-state index contributed by atoms with van der Waals surface area (Å²) in [5, 5.41) is 9.72. The maximum absolute atomic E-state index is 12.0. The Labute approximate surface area is 97.2 Å². The molecule has 1 unspecified atom stereocenters. The van der Waals surface area contributed by atoms with Crippen LogP contribution in [-0.2, 0) is 4.79 Å². The van der Waals surface area contributed by atoms with Crippen LogP contribution in [0.2, 0.25) is 0 Å². The van der Waals surface area contributed by atoms with Gasteiger partial charge in [-0.15, -0.1) is 0 Å². The molecular weight excluding hydrogens is 210 g/mol. The summed E-state index contributed by atoms with van der Waals surface area (Å²) in [6.07, 6.45) is 2.78. The van der Waals surface area contributed by atoms with E-state index in [9.17, 15) is 9.90 Å². The van der Waals surface area contributed by atoms with Gasteiger partial charge in [0.2, 0.25) is 5.91 Å². The summed E-state index contributed by atoms with van der Waals surface area (Å²) in [5.74, 6) is 0.134. The molecule has 15 heavy (non-hydrogen) atoms. The molecule has 0 saturated carbocycles. The summed E-state index contributed by atoms with van der Waals surface area (Å²) in [6.45, 7) is 8.46. The first kappa shape index (κ1) is 14.8. The fourth-order valence-corrected chi connectivity index (χ4v) is 2.14. The van der Waals surface area contributed by atoms with Crippen molar-refractivity contribution < 1.29 is 9.90 Å². The second-order valence-electron chi connectivity index (χ2n) is 4.30. The minimum absolute atomic E-state index is 0.0206. The summed E-state index contributed by atoms with van der Waals surface area (Å²) >= 11 is 1.57. The SMILES string of the molecule is CCC(SC)C(=O)N(CC)CC(C)(C)O. The Hall–Kier alpha value is -0.220. The van der Waals surface area contributed by atoms with E-state index in [0.717, 1.165) is 6.42 Å². The van der Waals surface area contributed by atoms with Gasteiger partial charge < -0.3 is 10.0 Å². The van der Waals surface area contributed by atoms with Crippen molar-refractivity contribution in [1.82, 2.24) is 4.90 Å². The van der Waals surface area contributed by atoms with Crippen molar-refractivity contribution in [3.8, 4) is 0 Å². The Morgan fingerprint density at radius 3 is 2.27 bits per heavy atom. The van der Waals surface area contributed by atoms with Crippen LogP contribution >= 0.6 is 11.8 Å². The summed E-state index contributed by atoms with van der Waals surface area (Å²) < 4.78 is 0. The van der Waals surface area contributed by atoms with Gasteiger partial charge in [0, 0.05) is 13.1 Å². The number of likely N-dealkylation sites (N-methyl/N-ethyl adjacent to an activating group) is 1. The molecule has 0 heterocycles. The second-order valence-corrected chi connectivity index (χ2v) is 5.34. The first-order valence-corrected chi connectivity index (χ1v) is 6.68. The number of amides is 1. The third kappa shape index (κ3) is 5.42. The van der Waals surface area contributed by atoms with Crippen LogP contribution in [0.3, 0.4) is 0 Å². The average molecular weight is 233 g/mol. The van der Waals surface area contributed by atoms with E-state index in [1.165, 1.54) is 0 Å². The van der Waals surface area contributed by atoms with Crippen LogP contribution in [0.5, 0.6) is 0 Å². The zero-order chi connectivity index (χ0) is 12.1. The molecule has 0 aromatic carbocycles. The Bertz CT molecular complexity index is 197. The quantitative estimate of drug-likeness (QED) is 0.760. The molecule has 4 heteroatoms. The van der Waals surface area contributed by atoms with Gasteiger partial charge in [0.25, 0.3) is 0 Å². The largest absolute Gasteiger partial charge is 0.389 e. The molecule has 0 radical (unpaired) electrons. The molecule has 0 bridgehead atoms. The molecule has 1 N–H and O–H groups in total. The molecular formula is C11H23NO2S. The fourth-order valence-electron chi connectivity index (χ4n) is 1.46. The van der Waals surface area contributed by atoms with E-state index < -0.39 is 5.60 Å². The lowest BCUT2D eigenvalue weighted by Crippen LogP contribution is -2.45. The highest BCUT2D eigenvalue weighted by molar-refractivity contribution is 7.99. The summed E-state index contributed by atoms with van der Waals surface area (Å²) in [4.78, 5) is 13.7. The van der Waals surface area contributed by atoms with Gasteiger partial charge in [-0.25, -0.2) is 0 Å². The molecule has 0 aliphatic heterocycles. The first-order valence-electron chi connectivity index (χ1n) is 5.39. The van der Waals surface area contributed by atoms with Gasteiger partial charge in [0.1, 0.15) is 0 Å². The second kappa shape index (κ2) is 6.38. The van der Waals surface area contributed by atoms with Gasteiger partial charge >= 0.3 is 0 Å². The number of carbonyl (C=O) groups is 1. The number of carbonyl (C=O) groups excluding carboxylic acids is 1. The Balaban J connectivity index is 4.46. The topological polar surface area (TPSA) is 40.5 Å². The number of nitrogens with zero attached hydrogens (tertiary/aromatic N) is 1. The lowest BCUT2D eigenvalue weighted by molar-refractivity contribution is -0.133. The predicted molar refractivity (Wildman–Crippen MR) is 66.1 cm³/mol. The van der Waals surface area contributed by atoms with Crippen molar-refractivity contribution in [3.63, 3.8) is 0 Å². The maximum atomic E-state index is 12.0. The van der Waals surface area contributed by atoms with E-state index in [2.05, 4.69) is 0 Å². The normalized spacial score (nSPS) is 13.7. The molecule has 0 aliphatic carbocycles. The van der Waals surface area contributed by atoms with E-state index in [-0.39, 0.29) is 11.2 Å². The van der Waals surface area contributed by atoms with Crippen LogP contribution < -0.4 is 0 Å². The van der Waals surface area contributed by atoms with E-state index in [1.807, 2.05) is 20.1 Å². The van der Waals surface area contributed by atoms with Crippen LogP contribution in [0.25, 0.3) is 0 Å². The lowest BCUT2D eigenvalue weighted by Gasteiger charge is -2.30.